The molecule has 22 heavy (non-hydrogen) atoms. The number of Topliss-reactive ketones (excluding diaryl/α,β-unsaturated/α-hetero) is 1. The summed E-state index contributed by atoms with van der Waals surface area (Å²) in [6, 6.07) is 8.26. The molecule has 112 valence electrons. The number of ketones is 1. The van der Waals surface area contributed by atoms with Crippen molar-refractivity contribution in [2.24, 2.45) is 0 Å². The van der Waals surface area contributed by atoms with E-state index in [4.69, 9.17) is 4.74 Å². The van der Waals surface area contributed by atoms with Gasteiger partial charge in [-0.05, 0) is 31.2 Å². The van der Waals surface area contributed by atoms with Gasteiger partial charge >= 0.3 is 0 Å². The number of hydrogen-bond donors (Lipinski definition) is 1. The molecule has 6 nitrogen and oxygen atoms in total. The average Bonchev–Trinajstić information content (AvgIpc) is 2.51. The van der Waals surface area contributed by atoms with Gasteiger partial charge in [-0.15, -0.1) is 0 Å². The second-order valence-electron chi connectivity index (χ2n) is 5.10. The molecule has 0 bridgehead atoms. The summed E-state index contributed by atoms with van der Waals surface area (Å²) in [5.41, 5.74) is 1.28. The maximum absolute atomic E-state index is 12.3. The maximum Gasteiger partial charge on any atom is 0.262 e. The number of carbonyl (C=O) groups excluding carboxylic acids is 2. The summed E-state index contributed by atoms with van der Waals surface area (Å²) in [6.07, 6.45) is 1.58. The van der Waals surface area contributed by atoms with Gasteiger partial charge in [-0.1, -0.05) is 6.07 Å². The highest BCUT2D eigenvalue weighted by atomic mass is 16.5. The molecule has 0 saturated heterocycles. The van der Waals surface area contributed by atoms with Crippen molar-refractivity contribution >= 4 is 17.4 Å². The molecule has 1 aromatic heterocycles. The fourth-order valence-corrected chi connectivity index (χ4v) is 2.28. The van der Waals surface area contributed by atoms with E-state index in [9.17, 15) is 14.4 Å². The number of benzene rings is 1. The van der Waals surface area contributed by atoms with Crippen molar-refractivity contribution in [3.63, 3.8) is 0 Å². The number of aryl methyl sites for hydroxylation is 1. The van der Waals surface area contributed by atoms with E-state index in [0.717, 1.165) is 0 Å². The number of ether oxygens (including phenoxy) is 1. The molecule has 0 spiro atoms. The van der Waals surface area contributed by atoms with Crippen molar-refractivity contribution in [3.05, 3.63) is 58.0 Å². The molecule has 6 heteroatoms. The number of hydrogen-bond acceptors (Lipinski definition) is 4. The molecule has 1 aliphatic heterocycles. The summed E-state index contributed by atoms with van der Waals surface area (Å²) >= 11 is 0. The molecule has 0 aliphatic carbocycles. The lowest BCUT2D eigenvalue weighted by Gasteiger charge is -2.18. The van der Waals surface area contributed by atoms with Gasteiger partial charge in [0.15, 0.2) is 12.4 Å². The monoisotopic (exact) mass is 298 g/mol. The summed E-state index contributed by atoms with van der Waals surface area (Å²) in [4.78, 5) is 35.6. The summed E-state index contributed by atoms with van der Waals surface area (Å²) in [5.74, 6) is 0.0613. The van der Waals surface area contributed by atoms with Crippen LogP contribution in [0.3, 0.4) is 0 Å². The Labute approximate surface area is 126 Å². The highest BCUT2D eigenvalue weighted by Gasteiger charge is 2.18. The van der Waals surface area contributed by atoms with Crippen LogP contribution in [-0.4, -0.2) is 22.9 Å². The van der Waals surface area contributed by atoms with Crippen LogP contribution in [0.25, 0.3) is 0 Å². The highest BCUT2D eigenvalue weighted by Crippen LogP contribution is 2.28. The van der Waals surface area contributed by atoms with Gasteiger partial charge in [0.25, 0.3) is 11.5 Å². The Morgan fingerprint density at radius 1 is 1.32 bits per heavy atom. The van der Waals surface area contributed by atoms with E-state index >= 15 is 0 Å². The van der Waals surface area contributed by atoms with Gasteiger partial charge in [-0.3, -0.25) is 14.4 Å². The molecule has 2 aromatic rings. The third-order valence-electron chi connectivity index (χ3n) is 3.46. The lowest BCUT2D eigenvalue weighted by atomic mass is 10.1. The Hall–Kier alpha value is -2.89. The second-order valence-corrected chi connectivity index (χ2v) is 5.10. The van der Waals surface area contributed by atoms with Crippen molar-refractivity contribution in [1.82, 2.24) is 4.57 Å². The van der Waals surface area contributed by atoms with Gasteiger partial charge in [0.1, 0.15) is 5.75 Å². The smallest absolute Gasteiger partial charge is 0.262 e. The third kappa shape index (κ3) is 2.63. The molecule has 0 unspecified atom stereocenters. The minimum atomic E-state index is -0.257. The van der Waals surface area contributed by atoms with E-state index in [-0.39, 0.29) is 30.4 Å². The van der Waals surface area contributed by atoms with Gasteiger partial charge < -0.3 is 14.6 Å². The van der Waals surface area contributed by atoms with Gasteiger partial charge in [0.05, 0.1) is 12.2 Å². The van der Waals surface area contributed by atoms with Gasteiger partial charge in [0, 0.05) is 17.3 Å². The number of fused-ring (bicyclic) bond motifs is 1. The van der Waals surface area contributed by atoms with E-state index in [1.807, 2.05) is 0 Å². The zero-order valence-corrected chi connectivity index (χ0v) is 12.0. The topological polar surface area (TPSA) is 77.4 Å². The van der Waals surface area contributed by atoms with Crippen LogP contribution in [0.2, 0.25) is 0 Å². The summed E-state index contributed by atoms with van der Waals surface area (Å²) in [7, 11) is 0. The van der Waals surface area contributed by atoms with Crippen molar-refractivity contribution < 1.29 is 14.3 Å². The van der Waals surface area contributed by atoms with Crippen LogP contribution >= 0.6 is 0 Å². The summed E-state index contributed by atoms with van der Waals surface area (Å²) < 4.78 is 6.61. The molecule has 1 aromatic carbocycles. The molecule has 0 radical (unpaired) electrons. The first-order chi connectivity index (χ1) is 10.5. The predicted octanol–water partition coefficient (Wildman–Crippen LogP) is 1.37. The lowest BCUT2D eigenvalue weighted by Crippen LogP contribution is -2.26. The van der Waals surface area contributed by atoms with Crippen LogP contribution in [0.5, 0.6) is 5.75 Å². The van der Waals surface area contributed by atoms with Crippen molar-refractivity contribution in [1.29, 1.82) is 0 Å². The quantitative estimate of drug-likeness (QED) is 0.868. The number of aromatic nitrogens is 1. The maximum atomic E-state index is 12.3. The predicted molar refractivity (Wildman–Crippen MR) is 80.3 cm³/mol. The van der Waals surface area contributed by atoms with E-state index in [1.54, 1.807) is 43.5 Å². The number of amides is 1. The Morgan fingerprint density at radius 3 is 2.95 bits per heavy atom. The van der Waals surface area contributed by atoms with Crippen molar-refractivity contribution in [2.75, 3.05) is 11.9 Å². The summed E-state index contributed by atoms with van der Waals surface area (Å²) in [6.45, 7) is 1.63. The molecule has 1 N–H and O–H groups in total. The second kappa shape index (κ2) is 5.48. The third-order valence-corrected chi connectivity index (χ3v) is 3.46. The number of anilines is 1. The molecule has 0 atom stereocenters. The minimum absolute atomic E-state index is 0.0288. The molecule has 3 rings (SSSR count). The molecular formula is C16H14N2O4. The van der Waals surface area contributed by atoms with Crippen molar-refractivity contribution in [2.45, 2.75) is 13.5 Å². The lowest BCUT2D eigenvalue weighted by molar-refractivity contribution is -0.118. The van der Waals surface area contributed by atoms with E-state index in [1.165, 1.54) is 4.57 Å². The van der Waals surface area contributed by atoms with E-state index < -0.39 is 0 Å². The number of nitrogens with zero attached hydrogens (tertiary/aromatic N) is 1. The minimum Gasteiger partial charge on any atom is -0.482 e. The number of carbonyl (C=O) groups is 2. The standard InChI is InChI=1S/C16H14N2O4/c1-10-3-2-6-18(16(10)21)8-13(19)11-4-5-14-12(7-11)17-15(20)9-22-14/h2-7H,8-9H2,1H3,(H,17,20). The zero-order chi connectivity index (χ0) is 15.7. The summed E-state index contributed by atoms with van der Waals surface area (Å²) in [5, 5.41) is 2.65. The number of nitrogens with one attached hydrogen (secondary N) is 1. The Bertz CT molecular complexity index is 823. The fourth-order valence-electron chi connectivity index (χ4n) is 2.28. The molecule has 0 saturated carbocycles. The number of rotatable bonds is 3. The van der Waals surface area contributed by atoms with Crippen LogP contribution in [0.15, 0.2) is 41.3 Å². The first kappa shape index (κ1) is 14.1. The fraction of sp³-hybridized carbons (Fsp3) is 0.188. The van der Waals surface area contributed by atoms with Gasteiger partial charge in [-0.2, -0.15) is 0 Å². The van der Waals surface area contributed by atoms with Crippen LogP contribution in [0.4, 0.5) is 5.69 Å². The van der Waals surface area contributed by atoms with Crippen molar-refractivity contribution in [3.8, 4) is 5.75 Å². The molecule has 1 aliphatic rings. The molecular weight excluding hydrogens is 284 g/mol. The molecule has 0 fully saturated rings. The van der Waals surface area contributed by atoms with E-state index in [2.05, 4.69) is 5.32 Å². The normalized spacial score (nSPS) is 13.0. The SMILES string of the molecule is Cc1cccn(CC(=O)c2ccc3c(c2)NC(=O)CO3)c1=O. The Balaban J connectivity index is 1.87. The van der Waals surface area contributed by atoms with Crippen LogP contribution in [0.1, 0.15) is 15.9 Å². The van der Waals surface area contributed by atoms with Gasteiger partial charge in [-0.25, -0.2) is 0 Å². The Kier molecular flexibility index (Phi) is 3.50. The van der Waals surface area contributed by atoms with Crippen LogP contribution in [-0.2, 0) is 11.3 Å². The first-order valence-corrected chi connectivity index (χ1v) is 6.80. The molecule has 2 heterocycles. The van der Waals surface area contributed by atoms with Crippen LogP contribution in [0, 0.1) is 6.92 Å². The van der Waals surface area contributed by atoms with E-state index in [0.29, 0.717) is 22.6 Å². The zero-order valence-electron chi connectivity index (χ0n) is 12.0. The highest BCUT2D eigenvalue weighted by molar-refractivity contribution is 6.00. The Morgan fingerprint density at radius 2 is 2.14 bits per heavy atom. The average molecular weight is 298 g/mol. The van der Waals surface area contributed by atoms with Crippen LogP contribution < -0.4 is 15.6 Å². The number of pyridine rings is 1. The van der Waals surface area contributed by atoms with Gasteiger partial charge in [0.2, 0.25) is 0 Å². The first-order valence-electron chi connectivity index (χ1n) is 6.80. The molecule has 1 amide bonds. The largest absolute Gasteiger partial charge is 0.482 e.